The molecule has 0 unspecified atom stereocenters. The van der Waals surface area contributed by atoms with E-state index in [4.69, 9.17) is 5.11 Å². The first-order chi connectivity index (χ1) is 9.22. The summed E-state index contributed by atoms with van der Waals surface area (Å²) < 4.78 is 0. The van der Waals surface area contributed by atoms with Crippen LogP contribution < -0.4 is 0 Å². The highest BCUT2D eigenvalue weighted by molar-refractivity contribution is 7.12. The molecular weight excluding hydrogens is 258 g/mol. The predicted octanol–water partition coefficient (Wildman–Crippen LogP) is 2.35. The van der Waals surface area contributed by atoms with E-state index < -0.39 is 0 Å². The molecule has 102 valence electrons. The van der Waals surface area contributed by atoms with E-state index in [9.17, 15) is 4.79 Å². The predicted molar refractivity (Wildman–Crippen MR) is 77.2 cm³/mol. The van der Waals surface area contributed by atoms with Gasteiger partial charge in [-0.2, -0.15) is 0 Å². The molecule has 19 heavy (non-hydrogen) atoms. The van der Waals surface area contributed by atoms with E-state index in [1.165, 1.54) is 30.6 Å². The van der Waals surface area contributed by atoms with E-state index in [1.807, 2.05) is 23.4 Å². The molecule has 1 saturated carbocycles. The van der Waals surface area contributed by atoms with Gasteiger partial charge in [0, 0.05) is 25.6 Å². The summed E-state index contributed by atoms with van der Waals surface area (Å²) in [6.07, 6.45) is 4.22. The highest BCUT2D eigenvalue weighted by atomic mass is 32.1. The van der Waals surface area contributed by atoms with E-state index in [2.05, 4.69) is 11.8 Å². The summed E-state index contributed by atoms with van der Waals surface area (Å²) in [5, 5.41) is 10.6. The molecule has 0 radical (unpaired) electrons. The molecule has 1 aromatic rings. The average molecular weight is 277 g/mol. The molecule has 1 N–H and O–H groups in total. The molecule has 0 atom stereocenters. The van der Waals surface area contributed by atoms with Gasteiger partial charge in [0.05, 0.1) is 6.61 Å². The van der Waals surface area contributed by atoms with Gasteiger partial charge in [0.1, 0.15) is 4.88 Å². The summed E-state index contributed by atoms with van der Waals surface area (Å²) in [6.45, 7) is 0.905. The summed E-state index contributed by atoms with van der Waals surface area (Å²) in [5.41, 5.74) is 0.781. The van der Waals surface area contributed by atoms with Crippen LogP contribution in [-0.4, -0.2) is 36.1 Å². The van der Waals surface area contributed by atoms with Crippen LogP contribution in [0.3, 0.4) is 0 Å². The number of thiophene rings is 1. The number of rotatable bonds is 4. The van der Waals surface area contributed by atoms with Crippen LogP contribution in [-0.2, 0) is 0 Å². The zero-order valence-corrected chi connectivity index (χ0v) is 12.0. The molecule has 4 heteroatoms. The second-order valence-electron chi connectivity index (χ2n) is 4.92. The van der Waals surface area contributed by atoms with Gasteiger partial charge < -0.3 is 10.0 Å². The van der Waals surface area contributed by atoms with Crippen molar-refractivity contribution in [3.63, 3.8) is 0 Å². The van der Waals surface area contributed by atoms with Crippen LogP contribution >= 0.6 is 11.3 Å². The molecule has 1 aliphatic rings. The molecule has 0 aromatic carbocycles. The number of carbonyl (C=O) groups is 1. The number of aliphatic hydroxyl groups is 1. The molecule has 0 aliphatic heterocycles. The SMILES string of the molecule is CN(CC1CCC1)C(=O)c1sccc1C#CCCO. The zero-order chi connectivity index (χ0) is 13.7. The summed E-state index contributed by atoms with van der Waals surface area (Å²) >= 11 is 1.44. The van der Waals surface area contributed by atoms with E-state index in [0.29, 0.717) is 17.2 Å². The lowest BCUT2D eigenvalue weighted by molar-refractivity contribution is 0.0750. The molecular formula is C15H19NO2S. The fourth-order valence-electron chi connectivity index (χ4n) is 2.11. The van der Waals surface area contributed by atoms with Gasteiger partial charge >= 0.3 is 0 Å². The van der Waals surface area contributed by atoms with Gasteiger partial charge in [0.15, 0.2) is 0 Å². The lowest BCUT2D eigenvalue weighted by Crippen LogP contribution is -2.34. The number of hydrogen-bond donors (Lipinski definition) is 1. The lowest BCUT2D eigenvalue weighted by Gasteiger charge is -2.30. The monoisotopic (exact) mass is 277 g/mol. The normalized spacial score (nSPS) is 14.4. The Balaban J connectivity index is 2.02. The van der Waals surface area contributed by atoms with Crippen molar-refractivity contribution >= 4 is 17.2 Å². The van der Waals surface area contributed by atoms with Crippen LogP contribution in [0.15, 0.2) is 11.4 Å². The first-order valence-electron chi connectivity index (χ1n) is 6.65. The topological polar surface area (TPSA) is 40.5 Å². The minimum atomic E-state index is 0.0575. The number of carbonyl (C=O) groups excluding carboxylic acids is 1. The molecule has 1 aromatic heterocycles. The third-order valence-electron chi connectivity index (χ3n) is 3.42. The third-order valence-corrected chi connectivity index (χ3v) is 4.33. The minimum absolute atomic E-state index is 0.0575. The maximum absolute atomic E-state index is 12.4. The zero-order valence-electron chi connectivity index (χ0n) is 11.2. The Morgan fingerprint density at radius 3 is 3.00 bits per heavy atom. The Labute approximate surface area is 118 Å². The van der Waals surface area contributed by atoms with E-state index in [-0.39, 0.29) is 12.5 Å². The highest BCUT2D eigenvalue weighted by Crippen LogP contribution is 2.27. The van der Waals surface area contributed by atoms with E-state index in [1.54, 1.807) is 0 Å². The number of hydrogen-bond acceptors (Lipinski definition) is 3. The van der Waals surface area contributed by atoms with Gasteiger partial charge in [-0.05, 0) is 30.2 Å². The number of aliphatic hydroxyl groups excluding tert-OH is 1. The third kappa shape index (κ3) is 3.59. The first-order valence-corrected chi connectivity index (χ1v) is 7.53. The van der Waals surface area contributed by atoms with Crippen LogP contribution in [0.25, 0.3) is 0 Å². The maximum Gasteiger partial charge on any atom is 0.264 e. The summed E-state index contributed by atoms with van der Waals surface area (Å²) in [7, 11) is 1.87. The Hall–Kier alpha value is -1.31. The van der Waals surface area contributed by atoms with Gasteiger partial charge in [0.2, 0.25) is 0 Å². The number of nitrogens with zero attached hydrogens (tertiary/aromatic N) is 1. The Morgan fingerprint density at radius 2 is 2.37 bits per heavy atom. The fourth-order valence-corrected chi connectivity index (χ4v) is 2.95. The summed E-state index contributed by atoms with van der Waals surface area (Å²) in [6, 6.07) is 1.87. The molecule has 1 fully saturated rings. The second kappa shape index (κ2) is 6.74. The maximum atomic E-state index is 12.4. The molecule has 0 saturated heterocycles. The van der Waals surface area contributed by atoms with Gasteiger partial charge in [-0.15, -0.1) is 11.3 Å². The van der Waals surface area contributed by atoms with E-state index >= 15 is 0 Å². The van der Waals surface area contributed by atoms with E-state index in [0.717, 1.165) is 12.1 Å². The Kier molecular flexibility index (Phi) is 5.00. The van der Waals surface area contributed by atoms with Crippen molar-refractivity contribution in [1.29, 1.82) is 0 Å². The number of amides is 1. The van der Waals surface area contributed by atoms with Crippen molar-refractivity contribution in [2.75, 3.05) is 20.2 Å². The van der Waals surface area contributed by atoms with Crippen LogP contribution in [0.1, 0.15) is 40.9 Å². The first kappa shape index (κ1) is 14.1. The molecule has 1 amide bonds. The largest absolute Gasteiger partial charge is 0.395 e. The highest BCUT2D eigenvalue weighted by Gasteiger charge is 2.23. The molecule has 3 nitrogen and oxygen atoms in total. The van der Waals surface area contributed by atoms with Gasteiger partial charge in [0.25, 0.3) is 5.91 Å². The lowest BCUT2D eigenvalue weighted by atomic mass is 9.85. The van der Waals surface area contributed by atoms with Gasteiger partial charge in [-0.3, -0.25) is 4.79 Å². The van der Waals surface area contributed by atoms with Crippen molar-refractivity contribution in [2.45, 2.75) is 25.7 Å². The summed E-state index contributed by atoms with van der Waals surface area (Å²) in [4.78, 5) is 14.9. The molecule has 1 heterocycles. The molecule has 2 rings (SSSR count). The standard InChI is InChI=1S/C15H19NO2S/c1-16(11-12-5-4-6-12)15(18)14-13(8-10-19-14)7-2-3-9-17/h8,10,12,17H,3-6,9,11H2,1H3. The fraction of sp³-hybridized carbons (Fsp3) is 0.533. The molecule has 0 spiro atoms. The van der Waals surface area contributed by atoms with Crippen LogP contribution in [0.4, 0.5) is 0 Å². The van der Waals surface area contributed by atoms with Crippen molar-refractivity contribution in [3.05, 3.63) is 21.9 Å². The van der Waals surface area contributed by atoms with Crippen molar-refractivity contribution in [1.82, 2.24) is 4.90 Å². The summed E-state index contributed by atoms with van der Waals surface area (Å²) in [5.74, 6) is 6.58. The minimum Gasteiger partial charge on any atom is -0.395 e. The van der Waals surface area contributed by atoms with Crippen molar-refractivity contribution in [3.8, 4) is 11.8 Å². The Bertz CT molecular complexity index is 494. The van der Waals surface area contributed by atoms with Crippen LogP contribution in [0.2, 0.25) is 0 Å². The Morgan fingerprint density at radius 1 is 1.58 bits per heavy atom. The molecule has 0 bridgehead atoms. The molecule has 1 aliphatic carbocycles. The van der Waals surface area contributed by atoms with Gasteiger partial charge in [-0.25, -0.2) is 0 Å². The van der Waals surface area contributed by atoms with Crippen molar-refractivity contribution in [2.24, 2.45) is 5.92 Å². The average Bonchev–Trinajstić information content (AvgIpc) is 2.81. The van der Waals surface area contributed by atoms with Crippen LogP contribution in [0, 0.1) is 17.8 Å². The van der Waals surface area contributed by atoms with Gasteiger partial charge in [-0.1, -0.05) is 18.3 Å². The second-order valence-corrected chi connectivity index (χ2v) is 5.84. The van der Waals surface area contributed by atoms with Crippen molar-refractivity contribution < 1.29 is 9.90 Å². The smallest absolute Gasteiger partial charge is 0.264 e. The quantitative estimate of drug-likeness (QED) is 0.858. The van der Waals surface area contributed by atoms with Crippen LogP contribution in [0.5, 0.6) is 0 Å².